The molecule has 96 valence electrons. The fourth-order valence-electron chi connectivity index (χ4n) is 2.37. The van der Waals surface area contributed by atoms with E-state index in [9.17, 15) is 9.59 Å². The van der Waals surface area contributed by atoms with Crippen molar-refractivity contribution in [2.75, 3.05) is 11.4 Å². The molecule has 1 unspecified atom stereocenters. The Morgan fingerprint density at radius 3 is 2.61 bits per heavy atom. The number of anilines is 1. The smallest absolute Gasteiger partial charge is 0.316 e. The summed E-state index contributed by atoms with van der Waals surface area (Å²) in [5.41, 5.74) is 1.93. The molecule has 0 spiro atoms. The highest BCUT2D eigenvalue weighted by Crippen LogP contribution is 2.32. The summed E-state index contributed by atoms with van der Waals surface area (Å²) < 4.78 is 0. The molecule has 4 heteroatoms. The van der Waals surface area contributed by atoms with E-state index in [4.69, 9.17) is 5.11 Å². The van der Waals surface area contributed by atoms with Crippen LogP contribution in [0.2, 0.25) is 0 Å². The molecule has 0 saturated carbocycles. The van der Waals surface area contributed by atoms with Gasteiger partial charge in [0.2, 0.25) is 5.91 Å². The molecule has 1 heterocycles. The largest absolute Gasteiger partial charge is 0.481 e. The number of carbonyl (C=O) groups excluding carboxylic acids is 1. The van der Waals surface area contributed by atoms with E-state index in [-0.39, 0.29) is 5.91 Å². The lowest BCUT2D eigenvalue weighted by atomic mass is 10.0. The summed E-state index contributed by atoms with van der Waals surface area (Å²) in [5, 5.41) is 8.98. The second-order valence-electron chi connectivity index (χ2n) is 4.88. The number of hydrogen-bond donors (Lipinski definition) is 1. The predicted molar refractivity (Wildman–Crippen MR) is 68.6 cm³/mol. The zero-order chi connectivity index (χ0) is 13.3. The van der Waals surface area contributed by atoms with Crippen LogP contribution in [0.4, 0.5) is 5.69 Å². The second kappa shape index (κ2) is 4.80. The van der Waals surface area contributed by atoms with Gasteiger partial charge in [-0.2, -0.15) is 0 Å². The van der Waals surface area contributed by atoms with E-state index in [1.807, 2.05) is 24.3 Å². The first-order valence-electron chi connectivity index (χ1n) is 6.15. The first-order valence-corrected chi connectivity index (χ1v) is 6.15. The van der Waals surface area contributed by atoms with Crippen LogP contribution in [0.3, 0.4) is 0 Å². The molecule has 1 amide bonds. The Morgan fingerprint density at radius 2 is 2.06 bits per heavy atom. The maximum Gasteiger partial charge on any atom is 0.316 e. The van der Waals surface area contributed by atoms with Crippen LogP contribution in [0.5, 0.6) is 0 Å². The predicted octanol–water partition coefficient (Wildman–Crippen LogP) is 2.25. The van der Waals surface area contributed by atoms with Gasteiger partial charge in [0.15, 0.2) is 0 Å². The molecular weight excluding hydrogens is 230 g/mol. The van der Waals surface area contributed by atoms with E-state index in [2.05, 4.69) is 13.8 Å². The van der Waals surface area contributed by atoms with Gasteiger partial charge in [0.25, 0.3) is 0 Å². The zero-order valence-electron chi connectivity index (χ0n) is 10.6. The van der Waals surface area contributed by atoms with Crippen LogP contribution in [0.1, 0.15) is 31.7 Å². The normalized spacial score (nSPS) is 19.6. The molecule has 1 aliphatic heterocycles. The quantitative estimate of drug-likeness (QED) is 0.833. The molecule has 0 radical (unpaired) electrons. The Balaban J connectivity index is 2.34. The lowest BCUT2D eigenvalue weighted by Crippen LogP contribution is -2.30. The number of aliphatic carboxylic acids is 1. The van der Waals surface area contributed by atoms with E-state index >= 15 is 0 Å². The van der Waals surface area contributed by atoms with Crippen LogP contribution in [-0.2, 0) is 9.59 Å². The van der Waals surface area contributed by atoms with E-state index in [0.717, 1.165) is 11.3 Å². The number of benzene rings is 1. The van der Waals surface area contributed by atoms with E-state index in [1.54, 1.807) is 4.90 Å². The van der Waals surface area contributed by atoms with E-state index < -0.39 is 11.9 Å². The van der Waals surface area contributed by atoms with Crippen molar-refractivity contribution in [2.24, 2.45) is 5.92 Å². The third-order valence-electron chi connectivity index (χ3n) is 3.35. The number of nitrogens with zero attached hydrogens (tertiary/aromatic N) is 1. The highest BCUT2D eigenvalue weighted by atomic mass is 16.4. The molecule has 1 atom stereocenters. The number of carboxylic acids is 1. The Bertz CT molecular complexity index is 482. The van der Waals surface area contributed by atoms with Crippen molar-refractivity contribution < 1.29 is 14.7 Å². The Kier molecular flexibility index (Phi) is 3.36. The van der Waals surface area contributed by atoms with Gasteiger partial charge in [0.05, 0.1) is 0 Å². The first-order chi connectivity index (χ1) is 8.52. The lowest BCUT2D eigenvalue weighted by Gasteiger charge is -2.21. The second-order valence-corrected chi connectivity index (χ2v) is 4.88. The minimum Gasteiger partial charge on any atom is -0.481 e. The molecule has 1 aromatic carbocycles. The summed E-state index contributed by atoms with van der Waals surface area (Å²) >= 11 is 0. The van der Waals surface area contributed by atoms with Crippen molar-refractivity contribution in [3.05, 3.63) is 29.8 Å². The highest BCUT2D eigenvalue weighted by Gasteiger charge is 2.38. The minimum atomic E-state index is -1.02. The average molecular weight is 247 g/mol. The van der Waals surface area contributed by atoms with Gasteiger partial charge in [-0.25, -0.2) is 0 Å². The van der Waals surface area contributed by atoms with Crippen molar-refractivity contribution in [1.82, 2.24) is 0 Å². The molecule has 0 bridgehead atoms. The third kappa shape index (κ3) is 2.10. The zero-order valence-corrected chi connectivity index (χ0v) is 10.6. The molecule has 2 rings (SSSR count). The maximum atomic E-state index is 12.1. The van der Waals surface area contributed by atoms with Crippen LogP contribution in [0, 0.1) is 5.92 Å². The van der Waals surface area contributed by atoms with Gasteiger partial charge in [-0.1, -0.05) is 32.0 Å². The highest BCUT2D eigenvalue weighted by molar-refractivity contribution is 6.08. The maximum absolute atomic E-state index is 12.1. The summed E-state index contributed by atoms with van der Waals surface area (Å²) in [5.74, 6) is -1.90. The Morgan fingerprint density at radius 1 is 1.39 bits per heavy atom. The van der Waals surface area contributed by atoms with Crippen LogP contribution >= 0.6 is 0 Å². The summed E-state index contributed by atoms with van der Waals surface area (Å²) in [4.78, 5) is 24.6. The number of carbonyl (C=O) groups is 2. The molecule has 1 aromatic rings. The van der Waals surface area contributed by atoms with Crippen LogP contribution < -0.4 is 4.90 Å². The Hall–Kier alpha value is -1.84. The van der Waals surface area contributed by atoms with Crippen molar-refractivity contribution in [1.29, 1.82) is 0 Å². The van der Waals surface area contributed by atoms with E-state index in [0.29, 0.717) is 18.9 Å². The van der Waals surface area contributed by atoms with Gasteiger partial charge in [-0.15, -0.1) is 0 Å². The lowest BCUT2D eigenvalue weighted by molar-refractivity contribution is -0.144. The number of amides is 1. The fraction of sp³-hybridized carbons (Fsp3) is 0.429. The van der Waals surface area contributed by atoms with Gasteiger partial charge in [0, 0.05) is 12.2 Å². The average Bonchev–Trinajstić information content (AvgIpc) is 2.71. The SMILES string of the molecule is CC(C)c1ccccc1N1CCC(C(=O)O)C1=O. The Labute approximate surface area is 106 Å². The van der Waals surface area contributed by atoms with Crippen LogP contribution in [0.15, 0.2) is 24.3 Å². The monoisotopic (exact) mass is 247 g/mol. The van der Waals surface area contributed by atoms with Gasteiger partial charge in [-0.05, 0) is 24.0 Å². The minimum absolute atomic E-state index is 0.296. The first kappa shape index (κ1) is 12.6. The fourth-order valence-corrected chi connectivity index (χ4v) is 2.37. The molecular formula is C14H17NO3. The molecule has 1 saturated heterocycles. The van der Waals surface area contributed by atoms with Crippen molar-refractivity contribution in [3.63, 3.8) is 0 Å². The molecule has 0 aliphatic carbocycles. The molecule has 4 nitrogen and oxygen atoms in total. The standard InChI is InChI=1S/C14H17NO3/c1-9(2)10-5-3-4-6-12(10)15-8-7-11(13(15)16)14(17)18/h3-6,9,11H,7-8H2,1-2H3,(H,17,18). The molecule has 0 aromatic heterocycles. The third-order valence-corrected chi connectivity index (χ3v) is 3.35. The van der Waals surface area contributed by atoms with Gasteiger partial charge in [0.1, 0.15) is 5.92 Å². The molecule has 18 heavy (non-hydrogen) atoms. The van der Waals surface area contributed by atoms with Crippen LogP contribution in [0.25, 0.3) is 0 Å². The van der Waals surface area contributed by atoms with Gasteiger partial charge >= 0.3 is 5.97 Å². The molecule has 1 fully saturated rings. The number of para-hydroxylation sites is 1. The van der Waals surface area contributed by atoms with E-state index in [1.165, 1.54) is 0 Å². The summed E-state index contributed by atoms with van der Waals surface area (Å²) in [6, 6.07) is 7.69. The summed E-state index contributed by atoms with van der Waals surface area (Å²) in [6.45, 7) is 4.61. The number of carboxylic acid groups (broad SMARTS) is 1. The van der Waals surface area contributed by atoms with Gasteiger partial charge in [-0.3, -0.25) is 9.59 Å². The number of hydrogen-bond acceptors (Lipinski definition) is 2. The summed E-state index contributed by atoms with van der Waals surface area (Å²) in [7, 11) is 0. The topological polar surface area (TPSA) is 57.6 Å². The number of rotatable bonds is 3. The van der Waals surface area contributed by atoms with Crippen molar-refractivity contribution >= 4 is 17.6 Å². The van der Waals surface area contributed by atoms with Gasteiger partial charge < -0.3 is 10.0 Å². The molecule has 1 aliphatic rings. The summed E-state index contributed by atoms with van der Waals surface area (Å²) in [6.07, 6.45) is 0.389. The van der Waals surface area contributed by atoms with Crippen molar-refractivity contribution in [2.45, 2.75) is 26.2 Å². The van der Waals surface area contributed by atoms with Crippen LogP contribution in [-0.4, -0.2) is 23.5 Å². The van der Waals surface area contributed by atoms with Crippen molar-refractivity contribution in [3.8, 4) is 0 Å². The molecule has 1 N–H and O–H groups in total.